The maximum atomic E-state index is 5.92. The highest BCUT2D eigenvalue weighted by atomic mass is 16.5. The highest BCUT2D eigenvalue weighted by molar-refractivity contribution is 5.24. The molecule has 194 valence electrons. The molecular formula is C26H54N6O. The lowest BCUT2D eigenvalue weighted by atomic mass is 10.0. The number of nitrogens with two attached hydrogens (primary N) is 1. The lowest BCUT2D eigenvalue weighted by Crippen LogP contribution is -2.51. The number of hydrogen-bond donors (Lipinski definition) is 6. The van der Waals surface area contributed by atoms with Crippen LogP contribution in [-0.4, -0.2) is 71.0 Å². The molecule has 0 aromatic rings. The summed E-state index contributed by atoms with van der Waals surface area (Å²) in [5.41, 5.74) is 6.63. The molecule has 0 fully saturated rings. The zero-order chi connectivity index (χ0) is 24.8. The molecule has 0 aromatic heterocycles. The van der Waals surface area contributed by atoms with E-state index in [4.69, 9.17) is 10.5 Å². The van der Waals surface area contributed by atoms with Crippen LogP contribution in [0.25, 0.3) is 0 Å². The molecule has 0 aliphatic rings. The summed E-state index contributed by atoms with van der Waals surface area (Å²) in [6.07, 6.45) is 11.6. The van der Waals surface area contributed by atoms with Gasteiger partial charge in [0.2, 0.25) is 0 Å². The Morgan fingerprint density at radius 2 is 1.82 bits per heavy atom. The lowest BCUT2D eigenvalue weighted by molar-refractivity contribution is 0.223. The minimum Gasteiger partial charge on any atom is -0.493 e. The highest BCUT2D eigenvalue weighted by Crippen LogP contribution is 2.05. The first-order valence-electron chi connectivity index (χ1n) is 12.8. The molecule has 7 nitrogen and oxygen atoms in total. The van der Waals surface area contributed by atoms with Gasteiger partial charge in [0.15, 0.2) is 0 Å². The molecule has 0 spiro atoms. The molecule has 0 aromatic carbocycles. The Morgan fingerprint density at radius 3 is 2.48 bits per heavy atom. The van der Waals surface area contributed by atoms with Crippen molar-refractivity contribution in [3.8, 4) is 0 Å². The second-order valence-corrected chi connectivity index (χ2v) is 9.21. The third-order valence-electron chi connectivity index (χ3n) is 5.43. The number of allylic oxidation sites excluding steroid dienone is 3. The van der Waals surface area contributed by atoms with Gasteiger partial charge < -0.3 is 37.1 Å². The Labute approximate surface area is 204 Å². The van der Waals surface area contributed by atoms with E-state index in [1.165, 1.54) is 12.8 Å². The van der Waals surface area contributed by atoms with Gasteiger partial charge in [-0.3, -0.25) is 0 Å². The van der Waals surface area contributed by atoms with E-state index in [1.807, 2.05) is 32.2 Å². The fourth-order valence-electron chi connectivity index (χ4n) is 3.20. The van der Waals surface area contributed by atoms with Crippen molar-refractivity contribution in [2.45, 2.75) is 71.4 Å². The molecule has 0 saturated heterocycles. The molecule has 0 rings (SSSR count). The van der Waals surface area contributed by atoms with Crippen molar-refractivity contribution in [1.82, 2.24) is 26.6 Å². The minimum absolute atomic E-state index is 0.0897. The predicted molar refractivity (Wildman–Crippen MR) is 144 cm³/mol. The summed E-state index contributed by atoms with van der Waals surface area (Å²) in [7, 11) is 1.98. The van der Waals surface area contributed by atoms with Crippen LogP contribution in [0.15, 0.2) is 36.3 Å². The smallest absolute Gasteiger partial charge is 0.117 e. The molecule has 0 bridgehead atoms. The van der Waals surface area contributed by atoms with Crippen molar-refractivity contribution in [2.24, 2.45) is 5.73 Å². The zero-order valence-corrected chi connectivity index (χ0v) is 22.2. The number of rotatable bonds is 23. The number of likely N-dealkylation sites (N-methyl/N-ethyl adjacent to an activating group) is 1. The Morgan fingerprint density at radius 1 is 1.06 bits per heavy atom. The van der Waals surface area contributed by atoms with Crippen LogP contribution in [0.1, 0.15) is 59.8 Å². The summed E-state index contributed by atoms with van der Waals surface area (Å²) in [4.78, 5) is 0. The Balaban J connectivity index is 3.98. The van der Waals surface area contributed by atoms with Gasteiger partial charge in [0.25, 0.3) is 0 Å². The van der Waals surface area contributed by atoms with Crippen molar-refractivity contribution >= 4 is 0 Å². The Hall–Kier alpha value is -1.38. The molecule has 0 saturated carbocycles. The maximum Gasteiger partial charge on any atom is 0.117 e. The van der Waals surface area contributed by atoms with Gasteiger partial charge in [-0.15, -0.1) is 0 Å². The van der Waals surface area contributed by atoms with E-state index in [0.29, 0.717) is 12.6 Å². The van der Waals surface area contributed by atoms with Crippen LogP contribution in [0.3, 0.4) is 0 Å². The van der Waals surface area contributed by atoms with Gasteiger partial charge in [-0.2, -0.15) is 0 Å². The number of nitrogens with one attached hydrogen (secondary N) is 5. The molecule has 1 atom stereocenters. The van der Waals surface area contributed by atoms with Crippen LogP contribution in [0.2, 0.25) is 0 Å². The van der Waals surface area contributed by atoms with Gasteiger partial charge in [0.05, 0.1) is 0 Å². The van der Waals surface area contributed by atoms with Crippen LogP contribution in [0.4, 0.5) is 0 Å². The molecule has 0 heterocycles. The van der Waals surface area contributed by atoms with E-state index < -0.39 is 0 Å². The van der Waals surface area contributed by atoms with Crippen LogP contribution < -0.4 is 32.3 Å². The van der Waals surface area contributed by atoms with Gasteiger partial charge in [0, 0.05) is 56.1 Å². The van der Waals surface area contributed by atoms with Crippen LogP contribution in [-0.2, 0) is 4.74 Å². The van der Waals surface area contributed by atoms with Gasteiger partial charge >= 0.3 is 0 Å². The van der Waals surface area contributed by atoms with Crippen molar-refractivity contribution in [3.63, 3.8) is 0 Å². The van der Waals surface area contributed by atoms with E-state index in [0.717, 1.165) is 76.5 Å². The van der Waals surface area contributed by atoms with Crippen molar-refractivity contribution in [2.75, 3.05) is 59.5 Å². The Kier molecular flexibility index (Phi) is 20.3. The quantitative estimate of drug-likeness (QED) is 0.0783. The molecule has 0 radical (unpaired) electrons. The van der Waals surface area contributed by atoms with Gasteiger partial charge in [-0.05, 0) is 79.2 Å². The van der Waals surface area contributed by atoms with Crippen LogP contribution in [0, 0.1) is 0 Å². The topological polar surface area (TPSA) is 95.4 Å². The van der Waals surface area contributed by atoms with Gasteiger partial charge in [-0.1, -0.05) is 19.4 Å². The van der Waals surface area contributed by atoms with E-state index in [9.17, 15) is 0 Å². The number of unbranched alkanes of at least 4 members (excludes halogenated alkanes) is 3. The molecule has 0 aliphatic carbocycles. The first-order valence-corrected chi connectivity index (χ1v) is 12.8. The zero-order valence-electron chi connectivity index (χ0n) is 22.2. The molecule has 0 aliphatic heterocycles. The second kappa shape index (κ2) is 21.2. The SMILES string of the molecule is C=C/C(=C\C(=C/C)OCCNCCC(C)NCC(C)(C)NCCNC)NCCCCCCN. The largest absolute Gasteiger partial charge is 0.493 e. The lowest BCUT2D eigenvalue weighted by Gasteiger charge is -2.29. The van der Waals surface area contributed by atoms with Crippen molar-refractivity contribution in [3.05, 3.63) is 36.3 Å². The fourth-order valence-corrected chi connectivity index (χ4v) is 3.20. The van der Waals surface area contributed by atoms with Gasteiger partial charge in [0.1, 0.15) is 12.4 Å². The Bertz CT molecular complexity index is 533. The third-order valence-corrected chi connectivity index (χ3v) is 5.43. The number of ether oxygens (including phenoxy) is 1. The fraction of sp³-hybridized carbons (Fsp3) is 0.769. The van der Waals surface area contributed by atoms with E-state index in [-0.39, 0.29) is 5.54 Å². The molecule has 7 N–H and O–H groups in total. The second-order valence-electron chi connectivity index (χ2n) is 9.21. The monoisotopic (exact) mass is 466 g/mol. The van der Waals surface area contributed by atoms with Crippen LogP contribution >= 0.6 is 0 Å². The van der Waals surface area contributed by atoms with E-state index >= 15 is 0 Å². The van der Waals surface area contributed by atoms with Gasteiger partial charge in [-0.25, -0.2) is 0 Å². The molecule has 0 amide bonds. The predicted octanol–water partition coefficient (Wildman–Crippen LogP) is 2.63. The first-order chi connectivity index (χ1) is 15.9. The molecule has 7 heteroatoms. The average Bonchev–Trinajstić information content (AvgIpc) is 2.80. The maximum absolute atomic E-state index is 5.92. The average molecular weight is 467 g/mol. The summed E-state index contributed by atoms with van der Waals surface area (Å²) in [6, 6.07) is 0.467. The van der Waals surface area contributed by atoms with Crippen molar-refractivity contribution < 1.29 is 4.74 Å². The normalized spacial score (nSPS) is 13.8. The van der Waals surface area contributed by atoms with E-state index in [2.05, 4.69) is 53.9 Å². The standard InChI is InChI=1S/C26H54N6O/c1-7-24(30-15-12-10-9-11-14-27)21-25(8-2)33-20-19-29-16-13-23(3)31-22-26(4,5)32-18-17-28-6/h7-8,21,23,28-32H,1,9-20,22,27H2,2-6H3/b24-21+,25-8+. The number of hydrogen-bond acceptors (Lipinski definition) is 7. The third kappa shape index (κ3) is 19.8. The summed E-state index contributed by atoms with van der Waals surface area (Å²) in [6.45, 7) is 19.7. The highest BCUT2D eigenvalue weighted by Gasteiger charge is 2.17. The molecule has 1 unspecified atom stereocenters. The molecular weight excluding hydrogens is 412 g/mol. The van der Waals surface area contributed by atoms with E-state index in [1.54, 1.807) is 0 Å². The minimum atomic E-state index is 0.0897. The summed E-state index contributed by atoms with van der Waals surface area (Å²) in [5.74, 6) is 0.866. The van der Waals surface area contributed by atoms with Crippen molar-refractivity contribution in [1.29, 1.82) is 0 Å². The molecule has 33 heavy (non-hydrogen) atoms. The summed E-state index contributed by atoms with van der Waals surface area (Å²) >= 11 is 0. The van der Waals surface area contributed by atoms with Crippen LogP contribution in [0.5, 0.6) is 0 Å². The summed E-state index contributed by atoms with van der Waals surface area (Å²) in [5, 5.41) is 17.3. The summed E-state index contributed by atoms with van der Waals surface area (Å²) < 4.78 is 5.92. The first kappa shape index (κ1) is 31.6.